The molecule has 1 saturated carbocycles. The van der Waals surface area contributed by atoms with E-state index < -0.39 is 5.60 Å². The molecule has 2 aliphatic rings. The first kappa shape index (κ1) is 17.9. The molecule has 1 aromatic carbocycles. The molecular formula is C19H28N2O4. The van der Waals surface area contributed by atoms with Crippen molar-refractivity contribution in [2.24, 2.45) is 0 Å². The van der Waals surface area contributed by atoms with E-state index in [4.69, 9.17) is 9.47 Å². The number of anilines is 1. The molecule has 0 aromatic heterocycles. The molecule has 1 saturated heterocycles. The van der Waals surface area contributed by atoms with Crippen molar-refractivity contribution in [2.75, 3.05) is 32.2 Å². The van der Waals surface area contributed by atoms with Gasteiger partial charge in [0.1, 0.15) is 17.1 Å². The van der Waals surface area contributed by atoms with Crippen LogP contribution in [-0.4, -0.2) is 50.0 Å². The van der Waals surface area contributed by atoms with Gasteiger partial charge in [-0.1, -0.05) is 19.3 Å². The van der Waals surface area contributed by atoms with E-state index in [2.05, 4.69) is 10.2 Å². The number of hydrogen-bond acceptors (Lipinski definition) is 5. The smallest absolute Gasteiger partial charge is 0.252 e. The van der Waals surface area contributed by atoms with Crippen molar-refractivity contribution in [3.05, 3.63) is 18.2 Å². The molecule has 6 nitrogen and oxygen atoms in total. The number of hydrogen-bond donors (Lipinski definition) is 2. The van der Waals surface area contributed by atoms with Crippen LogP contribution in [0.2, 0.25) is 0 Å². The van der Waals surface area contributed by atoms with Crippen molar-refractivity contribution in [3.63, 3.8) is 0 Å². The van der Waals surface area contributed by atoms with Crippen LogP contribution in [-0.2, 0) is 4.79 Å². The maximum absolute atomic E-state index is 12.5. The van der Waals surface area contributed by atoms with E-state index >= 15 is 0 Å². The molecule has 25 heavy (non-hydrogen) atoms. The highest BCUT2D eigenvalue weighted by Gasteiger charge is 2.38. The molecule has 138 valence electrons. The molecular weight excluding hydrogens is 320 g/mol. The second kappa shape index (κ2) is 7.52. The van der Waals surface area contributed by atoms with Crippen molar-refractivity contribution in [1.82, 2.24) is 5.32 Å². The molecule has 1 atom stereocenters. The Morgan fingerprint density at radius 3 is 2.40 bits per heavy atom. The maximum atomic E-state index is 12.5. The SMILES string of the molecule is COc1cc(OC)cc(N2CCC(NC(=O)C3(O)CCCCC3)C2)c1. The summed E-state index contributed by atoms with van der Waals surface area (Å²) in [5, 5.41) is 13.6. The number of carbonyl (C=O) groups is 1. The lowest BCUT2D eigenvalue weighted by molar-refractivity contribution is -0.143. The Labute approximate surface area is 149 Å². The normalized spacial score (nSPS) is 22.5. The average molecular weight is 348 g/mol. The summed E-state index contributed by atoms with van der Waals surface area (Å²) in [5.41, 5.74) is -0.158. The third-order valence-electron chi connectivity index (χ3n) is 5.33. The summed E-state index contributed by atoms with van der Waals surface area (Å²) in [6, 6.07) is 5.84. The Bertz CT molecular complexity index is 591. The summed E-state index contributed by atoms with van der Waals surface area (Å²) in [5.74, 6) is 1.29. The molecule has 1 aromatic rings. The zero-order valence-electron chi connectivity index (χ0n) is 15.1. The minimum Gasteiger partial charge on any atom is -0.497 e. The fourth-order valence-electron chi connectivity index (χ4n) is 3.77. The summed E-state index contributed by atoms with van der Waals surface area (Å²) in [6.07, 6.45) is 4.95. The highest BCUT2D eigenvalue weighted by molar-refractivity contribution is 5.85. The number of methoxy groups -OCH3 is 2. The van der Waals surface area contributed by atoms with Gasteiger partial charge in [0, 0.05) is 43.0 Å². The Balaban J connectivity index is 1.63. The van der Waals surface area contributed by atoms with Crippen LogP contribution in [0.4, 0.5) is 5.69 Å². The highest BCUT2D eigenvalue weighted by Crippen LogP contribution is 2.31. The second-order valence-corrected chi connectivity index (χ2v) is 7.07. The largest absolute Gasteiger partial charge is 0.497 e. The van der Waals surface area contributed by atoms with Gasteiger partial charge in [0.15, 0.2) is 0 Å². The predicted molar refractivity (Wildman–Crippen MR) is 96.3 cm³/mol. The number of carbonyl (C=O) groups excluding carboxylic acids is 1. The van der Waals surface area contributed by atoms with Gasteiger partial charge in [0.25, 0.3) is 5.91 Å². The van der Waals surface area contributed by atoms with Crippen LogP contribution < -0.4 is 19.7 Å². The number of aliphatic hydroxyl groups is 1. The first-order chi connectivity index (χ1) is 12.0. The Morgan fingerprint density at radius 1 is 1.16 bits per heavy atom. The molecule has 0 spiro atoms. The third-order valence-corrected chi connectivity index (χ3v) is 5.33. The quantitative estimate of drug-likeness (QED) is 0.853. The van der Waals surface area contributed by atoms with Crippen molar-refractivity contribution in [2.45, 2.75) is 50.2 Å². The van der Waals surface area contributed by atoms with Gasteiger partial charge in [-0.3, -0.25) is 4.79 Å². The first-order valence-electron chi connectivity index (χ1n) is 9.05. The van der Waals surface area contributed by atoms with E-state index in [0.29, 0.717) is 12.8 Å². The van der Waals surface area contributed by atoms with Crippen molar-refractivity contribution >= 4 is 11.6 Å². The lowest BCUT2D eigenvalue weighted by Gasteiger charge is -2.31. The van der Waals surface area contributed by atoms with Gasteiger partial charge >= 0.3 is 0 Å². The van der Waals surface area contributed by atoms with Crippen LogP contribution in [0.3, 0.4) is 0 Å². The fraction of sp³-hybridized carbons (Fsp3) is 0.632. The highest BCUT2D eigenvalue weighted by atomic mass is 16.5. The minimum absolute atomic E-state index is 0.0515. The van der Waals surface area contributed by atoms with Crippen LogP contribution in [0.1, 0.15) is 38.5 Å². The molecule has 2 fully saturated rings. The van der Waals surface area contributed by atoms with Gasteiger partial charge in [-0.15, -0.1) is 0 Å². The van der Waals surface area contributed by atoms with Gasteiger partial charge in [-0.05, 0) is 19.3 Å². The van der Waals surface area contributed by atoms with E-state index in [-0.39, 0.29) is 11.9 Å². The van der Waals surface area contributed by atoms with E-state index in [1.165, 1.54) is 0 Å². The summed E-state index contributed by atoms with van der Waals surface area (Å²) in [7, 11) is 3.27. The van der Waals surface area contributed by atoms with Crippen LogP contribution in [0, 0.1) is 0 Å². The predicted octanol–water partition coefficient (Wildman–Crippen LogP) is 2.09. The Kier molecular flexibility index (Phi) is 5.37. The zero-order valence-corrected chi connectivity index (χ0v) is 15.1. The molecule has 0 bridgehead atoms. The zero-order chi connectivity index (χ0) is 17.9. The van der Waals surface area contributed by atoms with Crippen LogP contribution in [0.25, 0.3) is 0 Å². The Morgan fingerprint density at radius 2 is 1.80 bits per heavy atom. The van der Waals surface area contributed by atoms with Gasteiger partial charge < -0.3 is 24.8 Å². The summed E-state index contributed by atoms with van der Waals surface area (Å²) in [4.78, 5) is 14.7. The molecule has 1 amide bonds. The van der Waals surface area contributed by atoms with Crippen LogP contribution >= 0.6 is 0 Å². The molecule has 1 aliphatic heterocycles. The number of rotatable bonds is 5. The number of ether oxygens (including phenoxy) is 2. The van der Waals surface area contributed by atoms with Crippen molar-refractivity contribution in [3.8, 4) is 11.5 Å². The molecule has 1 aliphatic carbocycles. The van der Waals surface area contributed by atoms with Gasteiger partial charge in [-0.2, -0.15) is 0 Å². The van der Waals surface area contributed by atoms with Crippen LogP contribution in [0.15, 0.2) is 18.2 Å². The summed E-state index contributed by atoms with van der Waals surface area (Å²) >= 11 is 0. The number of benzene rings is 1. The first-order valence-corrected chi connectivity index (χ1v) is 9.05. The topological polar surface area (TPSA) is 71.0 Å². The summed E-state index contributed by atoms with van der Waals surface area (Å²) < 4.78 is 10.7. The monoisotopic (exact) mass is 348 g/mol. The maximum Gasteiger partial charge on any atom is 0.252 e. The van der Waals surface area contributed by atoms with E-state index in [9.17, 15) is 9.90 Å². The van der Waals surface area contributed by atoms with Gasteiger partial charge in [-0.25, -0.2) is 0 Å². The number of nitrogens with zero attached hydrogens (tertiary/aromatic N) is 1. The van der Waals surface area contributed by atoms with Gasteiger partial charge in [0.2, 0.25) is 0 Å². The van der Waals surface area contributed by atoms with E-state index in [1.54, 1.807) is 14.2 Å². The lowest BCUT2D eigenvalue weighted by Crippen LogP contribution is -2.51. The fourth-order valence-corrected chi connectivity index (χ4v) is 3.77. The third kappa shape index (κ3) is 4.00. The lowest BCUT2D eigenvalue weighted by atomic mass is 9.84. The number of amides is 1. The second-order valence-electron chi connectivity index (χ2n) is 7.07. The van der Waals surface area contributed by atoms with Gasteiger partial charge in [0.05, 0.1) is 14.2 Å². The molecule has 2 N–H and O–H groups in total. The number of nitrogens with one attached hydrogen (secondary N) is 1. The van der Waals surface area contributed by atoms with Crippen LogP contribution in [0.5, 0.6) is 11.5 Å². The summed E-state index contributed by atoms with van der Waals surface area (Å²) in [6.45, 7) is 1.57. The molecule has 6 heteroatoms. The average Bonchev–Trinajstić information content (AvgIpc) is 3.10. The minimum atomic E-state index is -1.18. The van der Waals surface area contributed by atoms with Crippen molar-refractivity contribution < 1.29 is 19.4 Å². The standard InChI is InChI=1S/C19H28N2O4/c1-24-16-10-15(11-17(12-16)25-2)21-9-6-14(13-21)20-18(22)19(23)7-4-3-5-8-19/h10-12,14,23H,3-9,13H2,1-2H3,(H,20,22). The van der Waals surface area contributed by atoms with Crippen molar-refractivity contribution in [1.29, 1.82) is 0 Å². The molecule has 1 heterocycles. The van der Waals surface area contributed by atoms with E-state index in [0.717, 1.165) is 56.0 Å². The molecule has 3 rings (SSSR count). The molecule has 1 unspecified atom stereocenters. The molecule has 0 radical (unpaired) electrons. The Hall–Kier alpha value is -1.95. The van der Waals surface area contributed by atoms with E-state index in [1.807, 2.05) is 18.2 Å².